The monoisotopic (exact) mass is 545 g/mol. The van der Waals surface area contributed by atoms with E-state index in [0.717, 1.165) is 41.9 Å². The van der Waals surface area contributed by atoms with E-state index < -0.39 is 17.3 Å². The van der Waals surface area contributed by atoms with Gasteiger partial charge in [-0.2, -0.15) is 4.98 Å². The Balaban J connectivity index is 0.00000166. The number of carbonyl (C=O) groups excluding carboxylic acids is 2. The molecule has 39 heavy (non-hydrogen) atoms. The van der Waals surface area contributed by atoms with Gasteiger partial charge in [-0.25, -0.2) is 9.18 Å². The first kappa shape index (κ1) is 35.1. The number of hydrogen-bond donors (Lipinski definition) is 1. The molecule has 214 valence electrons. The van der Waals surface area contributed by atoms with Gasteiger partial charge in [0.1, 0.15) is 19.4 Å². The number of rotatable bonds is 9. The smallest absolute Gasteiger partial charge is 0.338 e. The van der Waals surface area contributed by atoms with Crippen LogP contribution in [0.1, 0.15) is 56.5 Å². The predicted molar refractivity (Wildman–Crippen MR) is 151 cm³/mol. The van der Waals surface area contributed by atoms with Gasteiger partial charge in [-0.05, 0) is 67.6 Å². The number of aromatic nitrogens is 2. The first-order chi connectivity index (χ1) is 19.0. The van der Waals surface area contributed by atoms with Gasteiger partial charge in [0, 0.05) is 37.0 Å². The summed E-state index contributed by atoms with van der Waals surface area (Å²) in [4.78, 5) is 33.7. The lowest BCUT2D eigenvalue weighted by Gasteiger charge is -2.26. The summed E-state index contributed by atoms with van der Waals surface area (Å²) in [7, 11) is 1.71. The van der Waals surface area contributed by atoms with Gasteiger partial charge >= 0.3 is 5.97 Å². The van der Waals surface area contributed by atoms with Gasteiger partial charge in [-0.3, -0.25) is 0 Å². The predicted octanol–water partition coefficient (Wildman–Crippen LogP) is 6.09. The SMILES string of the molecule is C=O.C=O.CC.CC.COCCN(CC1CC1)c1ccc(-c2nc(-c3ccc(C(=O)O)c(F)c3)no2)cc1C. The van der Waals surface area contributed by atoms with E-state index in [4.69, 9.17) is 24.0 Å². The topological polar surface area (TPSA) is 123 Å². The molecule has 4 rings (SSSR count). The number of anilines is 1. The highest BCUT2D eigenvalue weighted by atomic mass is 19.1. The minimum absolute atomic E-state index is 0.197. The molecular formula is C29H40FN3O6. The molecule has 1 saturated carbocycles. The highest BCUT2D eigenvalue weighted by molar-refractivity contribution is 5.88. The third-order valence-corrected chi connectivity index (χ3v) is 5.41. The molecule has 1 heterocycles. The van der Waals surface area contributed by atoms with Gasteiger partial charge < -0.3 is 28.9 Å². The van der Waals surface area contributed by atoms with E-state index in [1.165, 1.54) is 25.0 Å². The van der Waals surface area contributed by atoms with Crippen LogP contribution in [0.25, 0.3) is 22.8 Å². The third-order valence-electron chi connectivity index (χ3n) is 5.41. The first-order valence-corrected chi connectivity index (χ1v) is 12.8. The quantitative estimate of drug-likeness (QED) is 0.340. The summed E-state index contributed by atoms with van der Waals surface area (Å²) in [5.74, 6) is -0.902. The van der Waals surface area contributed by atoms with E-state index in [2.05, 4.69) is 15.0 Å². The van der Waals surface area contributed by atoms with Crippen LogP contribution in [0.3, 0.4) is 0 Å². The fraction of sp³-hybridized carbons (Fsp3) is 0.414. The number of carbonyl (C=O) groups is 3. The molecule has 0 radical (unpaired) electrons. The van der Waals surface area contributed by atoms with E-state index in [0.29, 0.717) is 18.1 Å². The lowest BCUT2D eigenvalue weighted by molar-refractivity contribution is -0.0987. The molecule has 1 N–H and O–H groups in total. The second-order valence-corrected chi connectivity index (χ2v) is 7.81. The Morgan fingerprint density at radius 3 is 2.21 bits per heavy atom. The van der Waals surface area contributed by atoms with Crippen molar-refractivity contribution < 1.29 is 33.1 Å². The molecule has 0 spiro atoms. The van der Waals surface area contributed by atoms with Crippen LogP contribution < -0.4 is 4.90 Å². The second kappa shape index (κ2) is 19.2. The molecule has 0 amide bonds. The molecule has 0 saturated heterocycles. The fourth-order valence-electron chi connectivity index (χ4n) is 3.55. The minimum atomic E-state index is -1.32. The summed E-state index contributed by atoms with van der Waals surface area (Å²) in [6.07, 6.45) is 2.55. The maximum absolute atomic E-state index is 14.0. The standard InChI is InChI=1S/C23H24FN3O4.2C2H6.2CH2O/c1-14-11-17(6-8-20(14)27(9-10-30-2)13-15-3-4-15)22-25-21(26-31-22)16-5-7-18(23(28)29)19(24)12-16;4*1-2/h5-8,11-12,15H,3-4,9-10,13H2,1-2H3,(H,28,29);2*1-2H3;2*1H2. The van der Waals surface area contributed by atoms with Crippen LogP contribution in [-0.4, -0.2) is 61.6 Å². The van der Waals surface area contributed by atoms with Crippen molar-refractivity contribution in [3.05, 3.63) is 53.3 Å². The van der Waals surface area contributed by atoms with E-state index in [1.54, 1.807) is 7.11 Å². The number of methoxy groups -OCH3 is 1. The third kappa shape index (κ3) is 10.4. The highest BCUT2D eigenvalue weighted by Gasteiger charge is 2.25. The molecule has 1 aliphatic rings. The van der Waals surface area contributed by atoms with Gasteiger partial charge in [0.15, 0.2) is 0 Å². The molecule has 1 fully saturated rings. The van der Waals surface area contributed by atoms with Crippen LogP contribution in [0.4, 0.5) is 10.1 Å². The Bertz CT molecular complexity index is 1130. The van der Waals surface area contributed by atoms with Crippen molar-refractivity contribution in [1.82, 2.24) is 10.1 Å². The Labute approximate surface area is 230 Å². The molecule has 0 atom stereocenters. The Hall–Kier alpha value is -3.92. The van der Waals surface area contributed by atoms with E-state index in [1.807, 2.05) is 66.4 Å². The summed E-state index contributed by atoms with van der Waals surface area (Å²) in [6.45, 7) is 16.6. The second-order valence-electron chi connectivity index (χ2n) is 7.81. The molecule has 0 aliphatic heterocycles. The molecule has 2 aromatic carbocycles. The van der Waals surface area contributed by atoms with Crippen LogP contribution in [-0.2, 0) is 14.3 Å². The van der Waals surface area contributed by atoms with Crippen molar-refractivity contribution in [1.29, 1.82) is 0 Å². The van der Waals surface area contributed by atoms with Gasteiger partial charge in [0.05, 0.1) is 12.2 Å². The van der Waals surface area contributed by atoms with Crippen LogP contribution in [0.2, 0.25) is 0 Å². The summed E-state index contributed by atoms with van der Waals surface area (Å²) in [5, 5.41) is 12.9. The summed E-state index contributed by atoms with van der Waals surface area (Å²) in [5.41, 5.74) is 2.95. The number of halogens is 1. The zero-order valence-corrected chi connectivity index (χ0v) is 23.7. The largest absolute Gasteiger partial charge is 0.478 e. The zero-order chi connectivity index (χ0) is 30.0. The number of hydrogen-bond acceptors (Lipinski definition) is 8. The molecule has 3 aromatic rings. The minimum Gasteiger partial charge on any atom is -0.478 e. The van der Waals surface area contributed by atoms with E-state index >= 15 is 0 Å². The Kier molecular flexibility index (Phi) is 17.3. The Morgan fingerprint density at radius 2 is 1.69 bits per heavy atom. The van der Waals surface area contributed by atoms with Crippen LogP contribution >= 0.6 is 0 Å². The van der Waals surface area contributed by atoms with Crippen molar-refractivity contribution in [2.75, 3.05) is 31.7 Å². The summed E-state index contributed by atoms with van der Waals surface area (Å²) in [6, 6.07) is 9.72. The number of carboxylic acid groups (broad SMARTS) is 1. The normalized spacial score (nSPS) is 11.2. The lowest BCUT2D eigenvalue weighted by Crippen LogP contribution is -2.30. The zero-order valence-electron chi connectivity index (χ0n) is 23.7. The van der Waals surface area contributed by atoms with Gasteiger partial charge in [0.2, 0.25) is 5.82 Å². The number of ether oxygens (including phenoxy) is 1. The maximum atomic E-state index is 14.0. The number of nitrogens with zero attached hydrogens (tertiary/aromatic N) is 3. The number of aryl methyl sites for hydroxylation is 1. The number of carboxylic acids is 1. The van der Waals surface area contributed by atoms with Crippen molar-refractivity contribution in [2.45, 2.75) is 47.5 Å². The summed E-state index contributed by atoms with van der Waals surface area (Å²) < 4.78 is 24.6. The van der Waals surface area contributed by atoms with Crippen molar-refractivity contribution in [2.24, 2.45) is 5.92 Å². The van der Waals surface area contributed by atoms with E-state index in [-0.39, 0.29) is 5.82 Å². The van der Waals surface area contributed by atoms with Gasteiger partial charge in [-0.15, -0.1) is 0 Å². The molecular weight excluding hydrogens is 505 g/mol. The van der Waals surface area contributed by atoms with Crippen LogP contribution in [0.5, 0.6) is 0 Å². The van der Waals surface area contributed by atoms with Crippen molar-refractivity contribution in [3.63, 3.8) is 0 Å². The first-order valence-electron chi connectivity index (χ1n) is 12.8. The average molecular weight is 546 g/mol. The maximum Gasteiger partial charge on any atom is 0.338 e. The highest BCUT2D eigenvalue weighted by Crippen LogP contribution is 2.33. The molecule has 0 unspecified atom stereocenters. The molecule has 9 nitrogen and oxygen atoms in total. The number of benzene rings is 2. The summed E-state index contributed by atoms with van der Waals surface area (Å²) >= 11 is 0. The molecule has 1 aromatic heterocycles. The molecule has 1 aliphatic carbocycles. The van der Waals surface area contributed by atoms with Gasteiger partial charge in [-0.1, -0.05) is 32.9 Å². The van der Waals surface area contributed by atoms with Crippen molar-refractivity contribution >= 4 is 25.2 Å². The molecule has 0 bridgehead atoms. The van der Waals surface area contributed by atoms with Gasteiger partial charge in [0.25, 0.3) is 5.89 Å². The van der Waals surface area contributed by atoms with Crippen LogP contribution in [0.15, 0.2) is 40.9 Å². The van der Waals surface area contributed by atoms with Crippen LogP contribution in [0, 0.1) is 18.7 Å². The fourth-order valence-corrected chi connectivity index (χ4v) is 3.55. The molecule has 10 heteroatoms. The van der Waals surface area contributed by atoms with Crippen molar-refractivity contribution in [3.8, 4) is 22.8 Å². The number of aromatic carboxylic acids is 1. The Morgan fingerprint density at radius 1 is 1.08 bits per heavy atom. The lowest BCUT2D eigenvalue weighted by atomic mass is 10.1. The van der Waals surface area contributed by atoms with E-state index in [9.17, 15) is 9.18 Å². The average Bonchev–Trinajstić information content (AvgIpc) is 3.66.